The molecule has 0 radical (unpaired) electrons. The van der Waals surface area contributed by atoms with Crippen LogP contribution in [-0.4, -0.2) is 54.6 Å². The zero-order chi connectivity index (χ0) is 13.0. The summed E-state index contributed by atoms with van der Waals surface area (Å²) in [4.78, 5) is 5.19. The number of likely N-dealkylation sites (N-methyl/N-ethyl adjacent to an activating group) is 1. The van der Waals surface area contributed by atoms with Crippen LogP contribution in [0.4, 0.5) is 0 Å². The van der Waals surface area contributed by atoms with E-state index in [4.69, 9.17) is 5.73 Å². The van der Waals surface area contributed by atoms with Crippen molar-refractivity contribution < 1.29 is 0 Å². The van der Waals surface area contributed by atoms with Crippen molar-refractivity contribution in [2.45, 2.75) is 63.5 Å². The van der Waals surface area contributed by atoms with Crippen LogP contribution >= 0.6 is 0 Å². The van der Waals surface area contributed by atoms with Crippen LogP contribution in [0.3, 0.4) is 0 Å². The summed E-state index contributed by atoms with van der Waals surface area (Å²) in [5.41, 5.74) is 6.66. The van der Waals surface area contributed by atoms with E-state index in [1.54, 1.807) is 0 Å². The van der Waals surface area contributed by atoms with Gasteiger partial charge in [0.1, 0.15) is 0 Å². The van der Waals surface area contributed by atoms with Gasteiger partial charge in [-0.1, -0.05) is 19.8 Å². The third-order valence-corrected chi connectivity index (χ3v) is 4.99. The van der Waals surface area contributed by atoms with E-state index < -0.39 is 0 Å². The molecule has 1 heterocycles. The fourth-order valence-electron chi connectivity index (χ4n) is 3.67. The van der Waals surface area contributed by atoms with Crippen LogP contribution in [-0.2, 0) is 0 Å². The van der Waals surface area contributed by atoms with Crippen LogP contribution in [0, 0.1) is 0 Å². The third-order valence-electron chi connectivity index (χ3n) is 4.99. The summed E-state index contributed by atoms with van der Waals surface area (Å²) in [7, 11) is 2.26. The molecule has 2 aliphatic rings. The predicted molar refractivity (Wildman–Crippen MR) is 77.8 cm³/mol. The van der Waals surface area contributed by atoms with Crippen LogP contribution < -0.4 is 5.73 Å². The Morgan fingerprint density at radius 2 is 1.89 bits per heavy atom. The second-order valence-corrected chi connectivity index (χ2v) is 6.53. The first-order chi connectivity index (χ1) is 8.63. The van der Waals surface area contributed by atoms with E-state index in [0.29, 0.717) is 0 Å². The lowest BCUT2D eigenvalue weighted by Crippen LogP contribution is -2.45. The van der Waals surface area contributed by atoms with Gasteiger partial charge in [0.25, 0.3) is 0 Å². The van der Waals surface area contributed by atoms with Crippen LogP contribution in [0.15, 0.2) is 0 Å². The average molecular weight is 253 g/mol. The molecule has 2 fully saturated rings. The first-order valence-corrected chi connectivity index (χ1v) is 7.84. The number of rotatable bonds is 4. The Morgan fingerprint density at radius 1 is 1.17 bits per heavy atom. The molecule has 1 atom stereocenters. The molecule has 0 aromatic carbocycles. The summed E-state index contributed by atoms with van der Waals surface area (Å²) in [5, 5.41) is 0. The molecule has 106 valence electrons. The Kier molecular flexibility index (Phi) is 5.05. The van der Waals surface area contributed by atoms with Gasteiger partial charge in [0, 0.05) is 24.7 Å². The fraction of sp³-hybridized carbons (Fsp3) is 1.00. The second kappa shape index (κ2) is 6.36. The smallest absolute Gasteiger partial charge is 0.0220 e. The van der Waals surface area contributed by atoms with Gasteiger partial charge >= 0.3 is 0 Å². The molecule has 0 bridgehead atoms. The minimum Gasteiger partial charge on any atom is -0.325 e. The second-order valence-electron chi connectivity index (χ2n) is 6.53. The lowest BCUT2D eigenvalue weighted by Gasteiger charge is -2.33. The summed E-state index contributed by atoms with van der Waals surface area (Å²) in [6, 6.07) is 0.738. The van der Waals surface area contributed by atoms with E-state index in [0.717, 1.165) is 6.04 Å². The molecule has 0 aromatic rings. The minimum atomic E-state index is 0.163. The molecule has 3 nitrogen and oxygen atoms in total. The molecule has 1 aliphatic heterocycles. The van der Waals surface area contributed by atoms with Gasteiger partial charge < -0.3 is 10.6 Å². The average Bonchev–Trinajstić information content (AvgIpc) is 2.69. The van der Waals surface area contributed by atoms with Crippen molar-refractivity contribution in [3.8, 4) is 0 Å². The molecule has 1 saturated carbocycles. The zero-order valence-electron chi connectivity index (χ0n) is 12.3. The normalized spacial score (nSPS) is 30.5. The highest BCUT2D eigenvalue weighted by atomic mass is 15.2. The van der Waals surface area contributed by atoms with Gasteiger partial charge in [-0.3, -0.25) is 4.90 Å². The first-order valence-electron chi connectivity index (χ1n) is 7.84. The lowest BCUT2D eigenvalue weighted by molar-refractivity contribution is 0.167. The van der Waals surface area contributed by atoms with Crippen molar-refractivity contribution in [1.82, 2.24) is 9.80 Å². The van der Waals surface area contributed by atoms with Crippen LogP contribution in [0.2, 0.25) is 0 Å². The highest BCUT2D eigenvalue weighted by molar-refractivity contribution is 4.91. The maximum Gasteiger partial charge on any atom is 0.0220 e. The van der Waals surface area contributed by atoms with Gasteiger partial charge in [-0.05, 0) is 52.2 Å². The van der Waals surface area contributed by atoms with E-state index in [1.165, 1.54) is 71.1 Å². The van der Waals surface area contributed by atoms with Gasteiger partial charge in [-0.2, -0.15) is 0 Å². The van der Waals surface area contributed by atoms with Crippen LogP contribution in [0.1, 0.15) is 51.9 Å². The van der Waals surface area contributed by atoms with Crippen molar-refractivity contribution in [1.29, 1.82) is 0 Å². The van der Waals surface area contributed by atoms with Gasteiger partial charge in [-0.25, -0.2) is 0 Å². The molecular formula is C15H31N3. The van der Waals surface area contributed by atoms with Gasteiger partial charge in [0.05, 0.1) is 0 Å². The molecule has 2 N–H and O–H groups in total. The van der Waals surface area contributed by atoms with E-state index in [1.807, 2.05) is 0 Å². The maximum atomic E-state index is 6.49. The van der Waals surface area contributed by atoms with Gasteiger partial charge in [0.2, 0.25) is 0 Å². The van der Waals surface area contributed by atoms with Crippen molar-refractivity contribution >= 4 is 0 Å². The number of hydrogen-bond acceptors (Lipinski definition) is 3. The Hall–Kier alpha value is -0.120. The van der Waals surface area contributed by atoms with Crippen LogP contribution in [0.25, 0.3) is 0 Å². The van der Waals surface area contributed by atoms with Crippen LogP contribution in [0.5, 0.6) is 0 Å². The summed E-state index contributed by atoms with van der Waals surface area (Å²) in [6.07, 6.45) is 8.96. The summed E-state index contributed by atoms with van der Waals surface area (Å²) < 4.78 is 0. The summed E-state index contributed by atoms with van der Waals surface area (Å²) >= 11 is 0. The number of nitrogens with zero attached hydrogens (tertiary/aromatic N) is 2. The van der Waals surface area contributed by atoms with Crippen molar-refractivity contribution in [3.63, 3.8) is 0 Å². The molecule has 2 rings (SSSR count). The maximum absolute atomic E-state index is 6.49. The van der Waals surface area contributed by atoms with Crippen molar-refractivity contribution in [3.05, 3.63) is 0 Å². The summed E-state index contributed by atoms with van der Waals surface area (Å²) in [5.74, 6) is 0. The molecule has 0 spiro atoms. The third kappa shape index (κ3) is 3.69. The van der Waals surface area contributed by atoms with Gasteiger partial charge in [0.15, 0.2) is 0 Å². The molecule has 18 heavy (non-hydrogen) atoms. The summed E-state index contributed by atoms with van der Waals surface area (Å²) in [6.45, 7) is 7.28. The van der Waals surface area contributed by atoms with E-state index in [2.05, 4.69) is 23.8 Å². The first kappa shape index (κ1) is 14.3. The standard InChI is InChI=1S/C15H31N3/c1-3-14-13-17(2)10-6-11-18(14)12-9-15(16)7-4-5-8-15/h14H,3-13,16H2,1-2H3. The predicted octanol–water partition coefficient (Wildman–Crippen LogP) is 2.06. The minimum absolute atomic E-state index is 0.163. The Labute approximate surface area is 113 Å². The molecule has 3 heteroatoms. The zero-order valence-corrected chi connectivity index (χ0v) is 12.3. The van der Waals surface area contributed by atoms with Crippen molar-refractivity contribution in [2.24, 2.45) is 5.73 Å². The molecule has 0 amide bonds. The highest BCUT2D eigenvalue weighted by Crippen LogP contribution is 2.30. The van der Waals surface area contributed by atoms with E-state index >= 15 is 0 Å². The molecular weight excluding hydrogens is 222 g/mol. The van der Waals surface area contributed by atoms with E-state index in [9.17, 15) is 0 Å². The number of hydrogen-bond donors (Lipinski definition) is 1. The molecule has 1 aliphatic carbocycles. The van der Waals surface area contributed by atoms with E-state index in [-0.39, 0.29) is 5.54 Å². The molecule has 1 saturated heterocycles. The topological polar surface area (TPSA) is 32.5 Å². The Bertz CT molecular complexity index is 248. The fourth-order valence-corrected chi connectivity index (χ4v) is 3.67. The Morgan fingerprint density at radius 3 is 2.56 bits per heavy atom. The quantitative estimate of drug-likeness (QED) is 0.832. The number of nitrogens with two attached hydrogens (primary N) is 1. The highest BCUT2D eigenvalue weighted by Gasteiger charge is 2.31. The lowest BCUT2D eigenvalue weighted by atomic mass is 9.94. The monoisotopic (exact) mass is 253 g/mol. The Balaban J connectivity index is 1.85. The van der Waals surface area contributed by atoms with Crippen molar-refractivity contribution in [2.75, 3.05) is 33.2 Å². The van der Waals surface area contributed by atoms with Gasteiger partial charge in [-0.15, -0.1) is 0 Å². The largest absolute Gasteiger partial charge is 0.325 e. The SMILES string of the molecule is CCC1CN(C)CCCN1CCC1(N)CCCC1. The molecule has 0 aromatic heterocycles. The molecule has 1 unspecified atom stereocenters.